The molecule has 0 radical (unpaired) electrons. The Kier molecular flexibility index (Phi) is 3.46. The molecular formula is C7H13ClO2. The lowest BCUT2D eigenvalue weighted by molar-refractivity contribution is -0.156. The lowest BCUT2D eigenvalue weighted by Gasteiger charge is -2.26. The largest absolute Gasteiger partial charge is 0.351 e. The standard InChI is InChI=1S/C7H13ClO2/c1-2-9-7-6(8)4-3-5-10-7/h6-7H,2-5H2,1H3/t6-,7+/m1/s1. The molecule has 0 N–H and O–H groups in total. The van der Waals surface area contributed by atoms with Gasteiger partial charge in [0.25, 0.3) is 0 Å². The minimum atomic E-state index is -0.166. The van der Waals surface area contributed by atoms with Crippen LogP contribution in [0.2, 0.25) is 0 Å². The predicted molar refractivity (Wildman–Crippen MR) is 40.2 cm³/mol. The summed E-state index contributed by atoms with van der Waals surface area (Å²) in [4.78, 5) is 0. The van der Waals surface area contributed by atoms with Gasteiger partial charge in [0, 0.05) is 13.2 Å². The zero-order chi connectivity index (χ0) is 7.40. The van der Waals surface area contributed by atoms with E-state index in [4.69, 9.17) is 21.1 Å². The van der Waals surface area contributed by atoms with Gasteiger partial charge < -0.3 is 9.47 Å². The fraction of sp³-hybridized carbons (Fsp3) is 1.00. The summed E-state index contributed by atoms with van der Waals surface area (Å²) in [6, 6.07) is 0. The Morgan fingerprint density at radius 3 is 3.10 bits per heavy atom. The van der Waals surface area contributed by atoms with Gasteiger partial charge in [-0.05, 0) is 19.8 Å². The van der Waals surface area contributed by atoms with Crippen LogP contribution < -0.4 is 0 Å². The van der Waals surface area contributed by atoms with E-state index in [2.05, 4.69) is 0 Å². The van der Waals surface area contributed by atoms with Crippen molar-refractivity contribution in [3.8, 4) is 0 Å². The van der Waals surface area contributed by atoms with E-state index in [-0.39, 0.29) is 11.7 Å². The number of alkyl halides is 1. The summed E-state index contributed by atoms with van der Waals surface area (Å²) in [5, 5.41) is 0.0497. The molecule has 0 saturated carbocycles. The van der Waals surface area contributed by atoms with Crippen molar-refractivity contribution in [3.63, 3.8) is 0 Å². The van der Waals surface area contributed by atoms with Crippen molar-refractivity contribution in [1.82, 2.24) is 0 Å². The Balaban J connectivity index is 2.25. The number of halogens is 1. The molecule has 10 heavy (non-hydrogen) atoms. The molecule has 1 aliphatic heterocycles. The molecule has 0 aliphatic carbocycles. The van der Waals surface area contributed by atoms with Crippen molar-refractivity contribution >= 4 is 11.6 Å². The van der Waals surface area contributed by atoms with Crippen molar-refractivity contribution in [2.75, 3.05) is 13.2 Å². The van der Waals surface area contributed by atoms with Gasteiger partial charge in [-0.25, -0.2) is 0 Å². The fourth-order valence-corrected chi connectivity index (χ4v) is 1.33. The summed E-state index contributed by atoms with van der Waals surface area (Å²) in [6.07, 6.45) is 1.89. The molecule has 0 unspecified atom stereocenters. The molecule has 0 aromatic rings. The highest BCUT2D eigenvalue weighted by molar-refractivity contribution is 6.20. The van der Waals surface area contributed by atoms with Crippen LogP contribution in [0.1, 0.15) is 19.8 Å². The Labute approximate surface area is 66.5 Å². The second kappa shape index (κ2) is 4.16. The first-order valence-electron chi connectivity index (χ1n) is 3.72. The first-order chi connectivity index (χ1) is 4.84. The Hall–Kier alpha value is 0.210. The molecule has 1 aliphatic rings. The van der Waals surface area contributed by atoms with Crippen LogP contribution in [-0.4, -0.2) is 24.9 Å². The van der Waals surface area contributed by atoms with Crippen molar-refractivity contribution < 1.29 is 9.47 Å². The molecule has 1 rings (SSSR count). The molecule has 0 bridgehead atoms. The second-order valence-corrected chi connectivity index (χ2v) is 2.91. The SMILES string of the molecule is CCO[C@H]1OCCC[C@H]1Cl. The number of hydrogen-bond acceptors (Lipinski definition) is 2. The van der Waals surface area contributed by atoms with Gasteiger partial charge >= 0.3 is 0 Å². The molecule has 1 saturated heterocycles. The van der Waals surface area contributed by atoms with Gasteiger partial charge in [0.05, 0.1) is 5.38 Å². The van der Waals surface area contributed by atoms with Crippen LogP contribution in [0, 0.1) is 0 Å². The Bertz CT molecular complexity index is 95.6. The second-order valence-electron chi connectivity index (χ2n) is 2.35. The summed E-state index contributed by atoms with van der Waals surface area (Å²) < 4.78 is 10.5. The third-order valence-electron chi connectivity index (χ3n) is 1.53. The first kappa shape index (κ1) is 8.31. The van der Waals surface area contributed by atoms with E-state index in [1.165, 1.54) is 0 Å². The minimum Gasteiger partial charge on any atom is -0.351 e. The third kappa shape index (κ3) is 2.11. The minimum absolute atomic E-state index is 0.0497. The molecule has 1 fully saturated rings. The van der Waals surface area contributed by atoms with Crippen LogP contribution in [0.4, 0.5) is 0 Å². The number of hydrogen-bond donors (Lipinski definition) is 0. The van der Waals surface area contributed by atoms with Crippen molar-refractivity contribution in [1.29, 1.82) is 0 Å². The Morgan fingerprint density at radius 1 is 1.70 bits per heavy atom. The molecule has 1 heterocycles. The van der Waals surface area contributed by atoms with E-state index >= 15 is 0 Å². The summed E-state index contributed by atoms with van der Waals surface area (Å²) in [5.74, 6) is 0. The Morgan fingerprint density at radius 2 is 2.50 bits per heavy atom. The first-order valence-corrected chi connectivity index (χ1v) is 4.15. The van der Waals surface area contributed by atoms with Crippen LogP contribution >= 0.6 is 11.6 Å². The van der Waals surface area contributed by atoms with Gasteiger partial charge in [0.1, 0.15) is 0 Å². The van der Waals surface area contributed by atoms with Crippen molar-refractivity contribution in [2.24, 2.45) is 0 Å². The van der Waals surface area contributed by atoms with Crippen LogP contribution in [0.25, 0.3) is 0 Å². The van der Waals surface area contributed by atoms with E-state index in [0.29, 0.717) is 6.61 Å². The molecule has 3 heteroatoms. The van der Waals surface area contributed by atoms with E-state index in [9.17, 15) is 0 Å². The molecule has 0 aromatic carbocycles. The van der Waals surface area contributed by atoms with Gasteiger partial charge in [-0.15, -0.1) is 11.6 Å². The highest BCUT2D eigenvalue weighted by atomic mass is 35.5. The molecule has 0 aromatic heterocycles. The zero-order valence-electron chi connectivity index (χ0n) is 6.18. The monoisotopic (exact) mass is 164 g/mol. The molecular weight excluding hydrogens is 152 g/mol. The van der Waals surface area contributed by atoms with Gasteiger partial charge in [0.2, 0.25) is 0 Å². The molecule has 0 amide bonds. The smallest absolute Gasteiger partial charge is 0.173 e. The normalized spacial score (nSPS) is 34.2. The van der Waals surface area contributed by atoms with E-state index < -0.39 is 0 Å². The maximum Gasteiger partial charge on any atom is 0.173 e. The van der Waals surface area contributed by atoms with Crippen molar-refractivity contribution in [2.45, 2.75) is 31.4 Å². The summed E-state index contributed by atoms with van der Waals surface area (Å²) >= 11 is 5.91. The molecule has 60 valence electrons. The van der Waals surface area contributed by atoms with Gasteiger partial charge in [0.15, 0.2) is 6.29 Å². The van der Waals surface area contributed by atoms with Crippen LogP contribution in [-0.2, 0) is 9.47 Å². The quantitative estimate of drug-likeness (QED) is 0.580. The predicted octanol–water partition coefficient (Wildman–Crippen LogP) is 1.77. The number of ether oxygens (including phenoxy) is 2. The maximum atomic E-state index is 5.91. The molecule has 0 spiro atoms. The van der Waals surface area contributed by atoms with Crippen LogP contribution in [0.15, 0.2) is 0 Å². The van der Waals surface area contributed by atoms with Gasteiger partial charge in [-0.2, -0.15) is 0 Å². The van der Waals surface area contributed by atoms with Crippen LogP contribution in [0.3, 0.4) is 0 Å². The average molecular weight is 165 g/mol. The van der Waals surface area contributed by atoms with Gasteiger partial charge in [-0.3, -0.25) is 0 Å². The van der Waals surface area contributed by atoms with Crippen LogP contribution in [0.5, 0.6) is 0 Å². The summed E-state index contributed by atoms with van der Waals surface area (Å²) in [7, 11) is 0. The molecule has 2 atom stereocenters. The fourth-order valence-electron chi connectivity index (χ4n) is 1.04. The average Bonchev–Trinajstić information content (AvgIpc) is 1.94. The van der Waals surface area contributed by atoms with E-state index in [0.717, 1.165) is 19.4 Å². The summed E-state index contributed by atoms with van der Waals surface area (Å²) in [6.45, 7) is 3.41. The number of rotatable bonds is 2. The highest BCUT2D eigenvalue weighted by Gasteiger charge is 2.23. The van der Waals surface area contributed by atoms with E-state index in [1.807, 2.05) is 6.92 Å². The summed E-state index contributed by atoms with van der Waals surface area (Å²) in [5.41, 5.74) is 0. The molecule has 2 nitrogen and oxygen atoms in total. The lowest BCUT2D eigenvalue weighted by atomic mass is 10.2. The topological polar surface area (TPSA) is 18.5 Å². The zero-order valence-corrected chi connectivity index (χ0v) is 6.93. The third-order valence-corrected chi connectivity index (χ3v) is 1.96. The lowest BCUT2D eigenvalue weighted by Crippen LogP contribution is -2.32. The maximum absolute atomic E-state index is 5.91. The van der Waals surface area contributed by atoms with Gasteiger partial charge in [-0.1, -0.05) is 0 Å². The highest BCUT2D eigenvalue weighted by Crippen LogP contribution is 2.19. The van der Waals surface area contributed by atoms with E-state index in [1.54, 1.807) is 0 Å². The van der Waals surface area contributed by atoms with Crippen molar-refractivity contribution in [3.05, 3.63) is 0 Å².